The number of amides is 1. The predicted molar refractivity (Wildman–Crippen MR) is 86.5 cm³/mol. The maximum Gasteiger partial charge on any atom is 0.387 e. The van der Waals surface area contributed by atoms with Gasteiger partial charge in [0.25, 0.3) is 5.91 Å². The van der Waals surface area contributed by atoms with E-state index in [0.29, 0.717) is 13.1 Å². The van der Waals surface area contributed by atoms with Crippen molar-refractivity contribution >= 4 is 18.3 Å². The molecule has 0 spiro atoms. The first-order chi connectivity index (χ1) is 11.0. The topological polar surface area (TPSA) is 74.0 Å². The summed E-state index contributed by atoms with van der Waals surface area (Å²) in [6.45, 7) is -2.03. The number of rotatable bonds is 6. The third kappa shape index (κ3) is 4.18. The quantitative estimate of drug-likeness (QED) is 0.836. The number of ether oxygens (including phenoxy) is 3. The van der Waals surface area contributed by atoms with Gasteiger partial charge in [0.05, 0.1) is 14.2 Å². The molecule has 1 saturated heterocycles. The van der Waals surface area contributed by atoms with Crippen molar-refractivity contribution in [2.24, 2.45) is 5.73 Å². The molecule has 1 aromatic carbocycles. The number of alkyl halides is 2. The lowest BCUT2D eigenvalue weighted by Gasteiger charge is -2.24. The van der Waals surface area contributed by atoms with Gasteiger partial charge >= 0.3 is 6.61 Å². The Kier molecular flexibility index (Phi) is 7.50. The van der Waals surface area contributed by atoms with Gasteiger partial charge in [0.1, 0.15) is 0 Å². The molecule has 2 rings (SSSR count). The molecule has 1 aliphatic heterocycles. The lowest BCUT2D eigenvalue weighted by atomic mass is 10.1. The molecule has 0 saturated carbocycles. The molecule has 6 nitrogen and oxygen atoms in total. The second-order valence-electron chi connectivity index (χ2n) is 5.12. The number of carbonyl (C=O) groups excluding carboxylic acids is 1. The summed E-state index contributed by atoms with van der Waals surface area (Å²) in [4.78, 5) is 14.3. The van der Waals surface area contributed by atoms with E-state index in [0.717, 1.165) is 12.8 Å². The summed E-state index contributed by atoms with van der Waals surface area (Å²) < 4.78 is 39.6. The predicted octanol–water partition coefficient (Wildman–Crippen LogP) is 2.29. The van der Waals surface area contributed by atoms with Crippen LogP contribution >= 0.6 is 12.4 Å². The van der Waals surface area contributed by atoms with Crippen molar-refractivity contribution in [2.45, 2.75) is 25.5 Å². The first-order valence-electron chi connectivity index (χ1n) is 7.23. The summed E-state index contributed by atoms with van der Waals surface area (Å²) in [5.74, 6) is -0.454. The van der Waals surface area contributed by atoms with E-state index in [4.69, 9.17) is 15.2 Å². The Labute approximate surface area is 145 Å². The molecule has 24 heavy (non-hydrogen) atoms. The number of likely N-dealkylation sites (tertiary alicyclic amines) is 1. The van der Waals surface area contributed by atoms with E-state index < -0.39 is 6.61 Å². The first kappa shape index (κ1) is 20.2. The number of benzene rings is 1. The van der Waals surface area contributed by atoms with Crippen molar-refractivity contribution < 1.29 is 27.8 Å². The molecule has 0 radical (unpaired) electrons. The third-order valence-corrected chi connectivity index (χ3v) is 3.82. The Morgan fingerprint density at radius 3 is 2.38 bits per heavy atom. The summed E-state index contributed by atoms with van der Waals surface area (Å²) in [6, 6.07) is 2.72. The number of carbonyl (C=O) groups is 1. The summed E-state index contributed by atoms with van der Waals surface area (Å²) in [6.07, 6.45) is 1.73. The van der Waals surface area contributed by atoms with Crippen LogP contribution in [0.2, 0.25) is 0 Å². The molecular weight excluding hydrogens is 346 g/mol. The molecule has 1 aliphatic rings. The van der Waals surface area contributed by atoms with Crippen LogP contribution in [0.1, 0.15) is 23.2 Å². The van der Waals surface area contributed by atoms with E-state index >= 15 is 0 Å². The second kappa shape index (κ2) is 8.89. The van der Waals surface area contributed by atoms with E-state index in [1.54, 1.807) is 4.90 Å². The van der Waals surface area contributed by atoms with Gasteiger partial charge in [-0.25, -0.2) is 0 Å². The van der Waals surface area contributed by atoms with E-state index in [1.807, 2.05) is 0 Å². The zero-order chi connectivity index (χ0) is 17.0. The van der Waals surface area contributed by atoms with Crippen LogP contribution in [-0.4, -0.2) is 50.8 Å². The fourth-order valence-corrected chi connectivity index (χ4v) is 2.72. The maximum absolute atomic E-state index is 12.7. The number of hydrogen-bond donors (Lipinski definition) is 1. The van der Waals surface area contributed by atoms with Crippen LogP contribution < -0.4 is 19.9 Å². The zero-order valence-corrected chi connectivity index (χ0v) is 14.3. The van der Waals surface area contributed by atoms with Crippen LogP contribution in [0, 0.1) is 0 Å². The Hall–Kier alpha value is -1.80. The number of halogens is 3. The second-order valence-corrected chi connectivity index (χ2v) is 5.12. The van der Waals surface area contributed by atoms with Crippen LogP contribution in [0.15, 0.2) is 12.1 Å². The fourth-order valence-electron chi connectivity index (χ4n) is 2.72. The molecule has 2 N–H and O–H groups in total. The molecule has 1 fully saturated rings. The van der Waals surface area contributed by atoms with E-state index in [1.165, 1.54) is 26.4 Å². The number of hydrogen-bond acceptors (Lipinski definition) is 5. The van der Waals surface area contributed by atoms with Gasteiger partial charge in [-0.2, -0.15) is 8.78 Å². The van der Waals surface area contributed by atoms with Gasteiger partial charge in [-0.15, -0.1) is 12.4 Å². The van der Waals surface area contributed by atoms with Gasteiger partial charge in [0.15, 0.2) is 11.5 Å². The van der Waals surface area contributed by atoms with E-state index in [9.17, 15) is 13.6 Å². The third-order valence-electron chi connectivity index (χ3n) is 3.82. The Balaban J connectivity index is 0.00000288. The normalized spacial score (nSPS) is 16.8. The average molecular weight is 367 g/mol. The van der Waals surface area contributed by atoms with Crippen molar-refractivity contribution in [3.05, 3.63) is 17.7 Å². The number of methoxy groups -OCH3 is 2. The smallest absolute Gasteiger partial charge is 0.387 e. The molecular formula is C15H21ClF2N2O4. The molecule has 0 aliphatic carbocycles. The van der Waals surface area contributed by atoms with Gasteiger partial charge < -0.3 is 24.8 Å². The minimum Gasteiger partial charge on any atom is -0.493 e. The Bertz CT molecular complexity index is 549. The van der Waals surface area contributed by atoms with Crippen molar-refractivity contribution in [1.29, 1.82) is 0 Å². The van der Waals surface area contributed by atoms with E-state index in [-0.39, 0.29) is 47.2 Å². The molecule has 9 heteroatoms. The molecule has 0 aromatic heterocycles. The van der Waals surface area contributed by atoms with E-state index in [2.05, 4.69) is 4.74 Å². The summed E-state index contributed by atoms with van der Waals surface area (Å²) in [5.41, 5.74) is 5.96. The molecule has 1 amide bonds. The average Bonchev–Trinajstić information content (AvgIpc) is 3.02. The lowest BCUT2D eigenvalue weighted by molar-refractivity contribution is -0.0526. The molecule has 1 unspecified atom stereocenters. The monoisotopic (exact) mass is 366 g/mol. The highest BCUT2D eigenvalue weighted by Gasteiger charge is 2.30. The van der Waals surface area contributed by atoms with Crippen LogP contribution in [0.25, 0.3) is 0 Å². The largest absolute Gasteiger partial charge is 0.493 e. The van der Waals surface area contributed by atoms with Gasteiger partial charge in [-0.05, 0) is 25.0 Å². The maximum atomic E-state index is 12.7. The summed E-state index contributed by atoms with van der Waals surface area (Å²) in [5, 5.41) is 0. The van der Waals surface area contributed by atoms with Gasteiger partial charge in [-0.1, -0.05) is 0 Å². The van der Waals surface area contributed by atoms with Crippen molar-refractivity contribution in [2.75, 3.05) is 27.3 Å². The van der Waals surface area contributed by atoms with Crippen LogP contribution in [-0.2, 0) is 0 Å². The van der Waals surface area contributed by atoms with Gasteiger partial charge in [0.2, 0.25) is 5.75 Å². The minimum absolute atomic E-state index is 0. The molecule has 1 heterocycles. The summed E-state index contributed by atoms with van der Waals surface area (Å²) >= 11 is 0. The fraction of sp³-hybridized carbons (Fsp3) is 0.533. The van der Waals surface area contributed by atoms with Crippen LogP contribution in [0.4, 0.5) is 8.78 Å². The van der Waals surface area contributed by atoms with Crippen LogP contribution in [0.3, 0.4) is 0 Å². The summed E-state index contributed by atoms with van der Waals surface area (Å²) in [7, 11) is 2.61. The van der Waals surface area contributed by atoms with Gasteiger partial charge in [0, 0.05) is 24.7 Å². The van der Waals surface area contributed by atoms with Crippen molar-refractivity contribution in [1.82, 2.24) is 4.90 Å². The molecule has 1 atom stereocenters. The SMILES string of the molecule is COc1cc(C(=O)N2CCCC2CN)cc(OC)c1OC(F)F.Cl. The zero-order valence-electron chi connectivity index (χ0n) is 13.5. The Morgan fingerprint density at radius 2 is 1.92 bits per heavy atom. The highest BCUT2D eigenvalue weighted by Crippen LogP contribution is 2.40. The van der Waals surface area contributed by atoms with Crippen molar-refractivity contribution in [3.8, 4) is 17.2 Å². The number of nitrogens with zero attached hydrogens (tertiary/aromatic N) is 1. The van der Waals surface area contributed by atoms with Crippen LogP contribution in [0.5, 0.6) is 17.2 Å². The lowest BCUT2D eigenvalue weighted by Crippen LogP contribution is -2.39. The highest BCUT2D eigenvalue weighted by molar-refractivity contribution is 5.96. The Morgan fingerprint density at radius 1 is 1.33 bits per heavy atom. The first-order valence-corrected chi connectivity index (χ1v) is 7.23. The molecule has 0 bridgehead atoms. The standard InChI is InChI=1S/C15H20F2N2O4.ClH/c1-21-11-6-9(7-12(22-2)13(11)23-15(16)17)14(20)19-5-3-4-10(19)8-18;/h6-7,10,15H,3-5,8,18H2,1-2H3;1H. The molecule has 1 aromatic rings. The van der Waals surface area contributed by atoms with Gasteiger partial charge in [-0.3, -0.25) is 4.79 Å². The number of nitrogens with two attached hydrogens (primary N) is 1. The highest BCUT2D eigenvalue weighted by atomic mass is 35.5. The van der Waals surface area contributed by atoms with Crippen molar-refractivity contribution in [3.63, 3.8) is 0 Å². The molecule has 136 valence electrons. The minimum atomic E-state index is -3.03.